The number of unbranched alkanes of at least 4 members (excludes halogenated alkanes) is 1. The van der Waals surface area contributed by atoms with Crippen LogP contribution in [0, 0.1) is 0 Å². The van der Waals surface area contributed by atoms with Gasteiger partial charge in [0.2, 0.25) is 15.9 Å². The molecule has 118 valence electrons. The quantitative estimate of drug-likeness (QED) is 0.637. The maximum atomic E-state index is 12.0. The molecule has 0 spiro atoms. The Hall–Kier alpha value is -0.660. The summed E-state index contributed by atoms with van der Waals surface area (Å²) in [7, 11) is -3.29. The van der Waals surface area contributed by atoms with Crippen LogP contribution >= 0.6 is 0 Å². The highest BCUT2D eigenvalue weighted by atomic mass is 32.2. The van der Waals surface area contributed by atoms with Crippen molar-refractivity contribution in [1.82, 2.24) is 9.62 Å². The Morgan fingerprint density at radius 1 is 1.35 bits per heavy atom. The first-order chi connectivity index (χ1) is 9.46. The molecule has 6 nitrogen and oxygen atoms in total. The first-order valence-electron chi connectivity index (χ1n) is 7.29. The van der Waals surface area contributed by atoms with Crippen LogP contribution in [0.5, 0.6) is 0 Å². The smallest absolute Gasteiger partial charge is 0.238 e. The molecule has 20 heavy (non-hydrogen) atoms. The second-order valence-corrected chi connectivity index (χ2v) is 7.08. The van der Waals surface area contributed by atoms with Crippen LogP contribution in [0.4, 0.5) is 0 Å². The molecule has 1 amide bonds. The minimum Gasteiger partial charge on any atom is -0.381 e. The lowest BCUT2D eigenvalue weighted by Gasteiger charge is -2.21. The first kappa shape index (κ1) is 17.4. The molecule has 0 radical (unpaired) electrons. The topological polar surface area (TPSA) is 75.7 Å². The van der Waals surface area contributed by atoms with E-state index in [2.05, 4.69) is 12.2 Å². The molecule has 0 bridgehead atoms. The number of ether oxygens (including phenoxy) is 1. The van der Waals surface area contributed by atoms with Gasteiger partial charge in [0, 0.05) is 26.3 Å². The van der Waals surface area contributed by atoms with E-state index in [9.17, 15) is 13.2 Å². The second kappa shape index (κ2) is 8.59. The number of nitrogens with one attached hydrogen (secondary N) is 1. The van der Waals surface area contributed by atoms with Crippen LogP contribution in [-0.4, -0.2) is 57.2 Å². The van der Waals surface area contributed by atoms with E-state index in [4.69, 9.17) is 4.74 Å². The van der Waals surface area contributed by atoms with E-state index < -0.39 is 16.1 Å². The fourth-order valence-corrected chi connectivity index (χ4v) is 3.38. The van der Waals surface area contributed by atoms with Gasteiger partial charge in [0.25, 0.3) is 0 Å². The molecule has 1 rings (SSSR count). The molecule has 0 aliphatic carbocycles. The van der Waals surface area contributed by atoms with Crippen LogP contribution in [0.2, 0.25) is 0 Å². The van der Waals surface area contributed by atoms with Gasteiger partial charge in [-0.15, -0.1) is 0 Å². The van der Waals surface area contributed by atoms with Crippen molar-refractivity contribution in [3.63, 3.8) is 0 Å². The molecular formula is C13H26N2O4S. The monoisotopic (exact) mass is 306 g/mol. The molecular weight excluding hydrogens is 280 g/mol. The van der Waals surface area contributed by atoms with Crippen molar-refractivity contribution in [3.8, 4) is 0 Å². The molecule has 1 atom stereocenters. The highest BCUT2D eigenvalue weighted by Gasteiger charge is 2.36. The van der Waals surface area contributed by atoms with Gasteiger partial charge in [-0.25, -0.2) is 8.42 Å². The molecule has 1 unspecified atom stereocenters. The third-order valence-corrected chi connectivity index (χ3v) is 4.63. The van der Waals surface area contributed by atoms with Crippen molar-refractivity contribution in [2.75, 3.05) is 32.6 Å². The summed E-state index contributed by atoms with van der Waals surface area (Å²) in [6.45, 7) is 4.46. The molecule has 1 saturated heterocycles. The fourth-order valence-electron chi connectivity index (χ4n) is 2.25. The maximum Gasteiger partial charge on any atom is 0.238 e. The summed E-state index contributed by atoms with van der Waals surface area (Å²) in [6.07, 6.45) is 5.41. The van der Waals surface area contributed by atoms with Crippen LogP contribution in [0.15, 0.2) is 0 Å². The van der Waals surface area contributed by atoms with E-state index in [-0.39, 0.29) is 5.91 Å². The molecule has 1 aliphatic rings. The van der Waals surface area contributed by atoms with Gasteiger partial charge in [0.05, 0.1) is 6.26 Å². The van der Waals surface area contributed by atoms with Crippen molar-refractivity contribution < 1.29 is 17.9 Å². The molecule has 1 aliphatic heterocycles. The number of sulfonamides is 1. The van der Waals surface area contributed by atoms with E-state index >= 15 is 0 Å². The van der Waals surface area contributed by atoms with Gasteiger partial charge in [0.1, 0.15) is 6.04 Å². The Kier molecular flexibility index (Phi) is 7.47. The van der Waals surface area contributed by atoms with E-state index in [1.165, 1.54) is 4.31 Å². The minimum absolute atomic E-state index is 0.193. The molecule has 7 heteroatoms. The predicted octanol–water partition coefficient (Wildman–Crippen LogP) is 0.733. The third kappa shape index (κ3) is 5.76. The number of hydrogen-bond acceptors (Lipinski definition) is 4. The average Bonchev–Trinajstić information content (AvgIpc) is 2.86. The molecule has 0 aromatic carbocycles. The number of rotatable bonds is 9. The lowest BCUT2D eigenvalue weighted by atomic mass is 10.2. The Morgan fingerprint density at radius 2 is 2.05 bits per heavy atom. The van der Waals surface area contributed by atoms with Crippen LogP contribution < -0.4 is 5.32 Å². The van der Waals surface area contributed by atoms with E-state index in [1.54, 1.807) is 0 Å². The predicted molar refractivity (Wildman–Crippen MR) is 77.9 cm³/mol. The summed E-state index contributed by atoms with van der Waals surface area (Å²) in [5.41, 5.74) is 0. The zero-order valence-corrected chi connectivity index (χ0v) is 13.2. The largest absolute Gasteiger partial charge is 0.381 e. The number of carbonyl (C=O) groups excluding carboxylic acids is 1. The first-order valence-corrected chi connectivity index (χ1v) is 9.14. The molecule has 1 fully saturated rings. The van der Waals surface area contributed by atoms with E-state index in [0.717, 1.165) is 38.5 Å². The average molecular weight is 306 g/mol. The lowest BCUT2D eigenvalue weighted by Crippen LogP contribution is -2.45. The third-order valence-electron chi connectivity index (χ3n) is 3.34. The number of carbonyl (C=O) groups is 1. The standard InChI is InChI=1S/C13H26N2O4S/c1-3-4-10-19-11-6-8-14-13(16)12-7-5-9-15(12)20(2,17)18/h12H,3-11H2,1-2H3,(H,14,16). The number of hydrogen-bond donors (Lipinski definition) is 1. The van der Waals surface area contributed by atoms with Crippen molar-refractivity contribution in [2.24, 2.45) is 0 Å². The van der Waals surface area contributed by atoms with Crippen molar-refractivity contribution >= 4 is 15.9 Å². The summed E-state index contributed by atoms with van der Waals surface area (Å²) >= 11 is 0. The van der Waals surface area contributed by atoms with Gasteiger partial charge in [-0.1, -0.05) is 13.3 Å². The van der Waals surface area contributed by atoms with E-state index in [0.29, 0.717) is 26.1 Å². The van der Waals surface area contributed by atoms with Crippen LogP contribution in [0.25, 0.3) is 0 Å². The minimum atomic E-state index is -3.29. The number of nitrogens with zero attached hydrogens (tertiary/aromatic N) is 1. The van der Waals surface area contributed by atoms with Crippen molar-refractivity contribution in [1.29, 1.82) is 0 Å². The molecule has 1 heterocycles. The summed E-state index contributed by atoms with van der Waals surface area (Å²) in [5, 5.41) is 2.79. The highest BCUT2D eigenvalue weighted by molar-refractivity contribution is 7.88. The van der Waals surface area contributed by atoms with E-state index in [1.807, 2.05) is 0 Å². The zero-order chi connectivity index (χ0) is 15.0. The highest BCUT2D eigenvalue weighted by Crippen LogP contribution is 2.20. The summed E-state index contributed by atoms with van der Waals surface area (Å²) in [4.78, 5) is 12.0. The summed E-state index contributed by atoms with van der Waals surface area (Å²) in [5.74, 6) is -0.193. The lowest BCUT2D eigenvalue weighted by molar-refractivity contribution is -0.124. The van der Waals surface area contributed by atoms with Gasteiger partial charge in [-0.3, -0.25) is 4.79 Å². The molecule has 0 aromatic heterocycles. The number of amides is 1. The maximum absolute atomic E-state index is 12.0. The van der Waals surface area contributed by atoms with Crippen molar-refractivity contribution in [2.45, 2.75) is 45.1 Å². The Labute approximate surface area is 121 Å². The molecule has 0 saturated carbocycles. The SMILES string of the molecule is CCCCOCCCNC(=O)C1CCCN1S(C)(=O)=O. The van der Waals surface area contributed by atoms with Crippen LogP contribution in [0.1, 0.15) is 39.0 Å². The Bertz CT molecular complexity index is 397. The Balaban J connectivity index is 2.22. The van der Waals surface area contributed by atoms with Crippen LogP contribution in [-0.2, 0) is 19.6 Å². The fraction of sp³-hybridized carbons (Fsp3) is 0.923. The van der Waals surface area contributed by atoms with Gasteiger partial charge in [-0.05, 0) is 25.7 Å². The van der Waals surface area contributed by atoms with Gasteiger partial charge >= 0.3 is 0 Å². The molecule has 0 aromatic rings. The summed E-state index contributed by atoms with van der Waals surface area (Å²) < 4.78 is 29.8. The van der Waals surface area contributed by atoms with Crippen molar-refractivity contribution in [3.05, 3.63) is 0 Å². The summed E-state index contributed by atoms with van der Waals surface area (Å²) in [6, 6.07) is -0.536. The second-order valence-electron chi connectivity index (χ2n) is 5.14. The normalized spacial score (nSPS) is 20.2. The van der Waals surface area contributed by atoms with Gasteiger partial charge in [-0.2, -0.15) is 4.31 Å². The Morgan fingerprint density at radius 3 is 2.70 bits per heavy atom. The zero-order valence-electron chi connectivity index (χ0n) is 12.4. The van der Waals surface area contributed by atoms with Crippen LogP contribution in [0.3, 0.4) is 0 Å². The van der Waals surface area contributed by atoms with Gasteiger partial charge < -0.3 is 10.1 Å². The molecule has 1 N–H and O–H groups in total. The van der Waals surface area contributed by atoms with Gasteiger partial charge in [0.15, 0.2) is 0 Å².